The highest BCUT2D eigenvalue weighted by Crippen LogP contribution is 2.13. The summed E-state index contributed by atoms with van der Waals surface area (Å²) in [7, 11) is 1.51. The molecule has 0 saturated carbocycles. The van der Waals surface area contributed by atoms with Crippen molar-refractivity contribution in [2.75, 3.05) is 0 Å². The summed E-state index contributed by atoms with van der Waals surface area (Å²) in [6, 6.07) is 0. The molecule has 0 bridgehead atoms. The number of hydrogen-bond donors (Lipinski definition) is 1. The number of hydrogen-bond acceptors (Lipinski definition) is 2. The van der Waals surface area contributed by atoms with Crippen LogP contribution in [-0.4, -0.2) is 9.55 Å². The van der Waals surface area contributed by atoms with Gasteiger partial charge in [0.05, 0.1) is 0 Å². The molecule has 0 fully saturated rings. The number of aryl methyl sites for hydroxylation is 1. The van der Waals surface area contributed by atoms with E-state index in [2.05, 4.69) is 4.98 Å². The van der Waals surface area contributed by atoms with E-state index in [0.717, 1.165) is 41.5 Å². The molecule has 0 radical (unpaired) electrons. The first-order valence-electron chi connectivity index (χ1n) is 4.51. The Morgan fingerprint density at radius 1 is 1.23 bits per heavy atom. The summed E-state index contributed by atoms with van der Waals surface area (Å²) < 4.78 is 1.14. The lowest BCUT2D eigenvalue weighted by atomic mass is 9.97. The van der Waals surface area contributed by atoms with E-state index in [9.17, 15) is 9.59 Å². The second-order valence-corrected chi connectivity index (χ2v) is 3.46. The van der Waals surface area contributed by atoms with Crippen LogP contribution in [0.15, 0.2) is 9.59 Å². The fourth-order valence-electron chi connectivity index (χ4n) is 1.79. The molecule has 0 aliphatic heterocycles. The van der Waals surface area contributed by atoms with Crippen LogP contribution < -0.4 is 11.2 Å². The zero-order valence-corrected chi connectivity index (χ0v) is 7.59. The quantitative estimate of drug-likeness (QED) is 0.608. The Bertz CT molecular complexity index is 442. The Balaban J connectivity index is 2.75. The van der Waals surface area contributed by atoms with E-state index in [0.29, 0.717) is 0 Å². The molecule has 0 spiro atoms. The highest BCUT2D eigenvalue weighted by molar-refractivity contribution is 5.19. The molecular weight excluding hydrogens is 168 g/mol. The van der Waals surface area contributed by atoms with E-state index in [1.54, 1.807) is 0 Å². The Morgan fingerprint density at radius 2 is 1.92 bits per heavy atom. The molecule has 0 atom stereocenters. The fourth-order valence-corrected chi connectivity index (χ4v) is 1.79. The highest BCUT2D eigenvalue weighted by atomic mass is 16.2. The Hall–Kier alpha value is -1.32. The van der Waals surface area contributed by atoms with Crippen molar-refractivity contribution >= 4 is 0 Å². The molecule has 0 amide bonds. The largest absolute Gasteiger partial charge is 0.328 e. The summed E-state index contributed by atoms with van der Waals surface area (Å²) in [6.45, 7) is 0. The third-order valence-corrected chi connectivity index (χ3v) is 2.59. The maximum Gasteiger partial charge on any atom is 0.328 e. The normalized spacial score (nSPS) is 15.5. The second kappa shape index (κ2) is 2.87. The van der Waals surface area contributed by atoms with Gasteiger partial charge >= 0.3 is 5.69 Å². The van der Waals surface area contributed by atoms with Crippen molar-refractivity contribution in [3.05, 3.63) is 32.1 Å². The van der Waals surface area contributed by atoms with Crippen LogP contribution in [0, 0.1) is 0 Å². The molecule has 1 aliphatic rings. The Kier molecular flexibility index (Phi) is 1.83. The number of aromatic amines is 1. The topological polar surface area (TPSA) is 54.9 Å². The predicted molar refractivity (Wildman–Crippen MR) is 48.9 cm³/mol. The van der Waals surface area contributed by atoms with Crippen LogP contribution in [-0.2, 0) is 19.9 Å². The van der Waals surface area contributed by atoms with Gasteiger partial charge in [-0.1, -0.05) is 0 Å². The fraction of sp³-hybridized carbons (Fsp3) is 0.556. The molecule has 0 saturated heterocycles. The Labute approximate surface area is 75.2 Å². The molecule has 1 aromatic heterocycles. The van der Waals surface area contributed by atoms with Crippen LogP contribution in [0.1, 0.15) is 24.1 Å². The van der Waals surface area contributed by atoms with Crippen molar-refractivity contribution in [1.82, 2.24) is 9.55 Å². The summed E-state index contributed by atoms with van der Waals surface area (Å²) in [6.07, 6.45) is 3.75. The van der Waals surface area contributed by atoms with Crippen molar-refractivity contribution in [3.8, 4) is 0 Å². The standard InChI is InChI=1S/C9H12N2O2/c1-11-8(12)6-4-2-3-5-7(6)10-9(11)13/h2-5H2,1H3,(H,10,13). The van der Waals surface area contributed by atoms with Crippen LogP contribution in [0.2, 0.25) is 0 Å². The molecule has 1 N–H and O–H groups in total. The number of nitrogens with one attached hydrogen (secondary N) is 1. The van der Waals surface area contributed by atoms with Crippen molar-refractivity contribution in [1.29, 1.82) is 0 Å². The Morgan fingerprint density at radius 3 is 2.69 bits per heavy atom. The molecular formula is C9H12N2O2. The first-order chi connectivity index (χ1) is 6.20. The minimum absolute atomic E-state index is 0.126. The zero-order chi connectivity index (χ0) is 9.42. The monoisotopic (exact) mass is 180 g/mol. The van der Waals surface area contributed by atoms with Crippen molar-refractivity contribution in [2.24, 2.45) is 7.05 Å². The van der Waals surface area contributed by atoms with E-state index < -0.39 is 0 Å². The van der Waals surface area contributed by atoms with Crippen LogP contribution in [0.4, 0.5) is 0 Å². The van der Waals surface area contributed by atoms with Gasteiger partial charge in [0.25, 0.3) is 5.56 Å². The molecule has 2 rings (SSSR count). The maximum atomic E-state index is 11.6. The first-order valence-corrected chi connectivity index (χ1v) is 4.51. The van der Waals surface area contributed by atoms with Crippen LogP contribution in [0.25, 0.3) is 0 Å². The average Bonchev–Trinajstić information content (AvgIpc) is 2.15. The van der Waals surface area contributed by atoms with Crippen molar-refractivity contribution in [3.63, 3.8) is 0 Å². The second-order valence-electron chi connectivity index (χ2n) is 3.46. The van der Waals surface area contributed by atoms with E-state index in [-0.39, 0.29) is 11.2 Å². The molecule has 0 unspecified atom stereocenters. The lowest BCUT2D eigenvalue weighted by Gasteiger charge is -2.14. The minimum Gasteiger partial charge on any atom is -0.311 e. The van der Waals surface area contributed by atoms with Gasteiger partial charge in [0, 0.05) is 18.3 Å². The van der Waals surface area contributed by atoms with Crippen molar-refractivity contribution in [2.45, 2.75) is 25.7 Å². The van der Waals surface area contributed by atoms with Gasteiger partial charge < -0.3 is 4.98 Å². The van der Waals surface area contributed by atoms with Gasteiger partial charge in [0.1, 0.15) is 0 Å². The van der Waals surface area contributed by atoms with Gasteiger partial charge in [-0.2, -0.15) is 0 Å². The summed E-state index contributed by atoms with van der Waals surface area (Å²) in [4.78, 5) is 25.5. The number of aromatic nitrogens is 2. The van der Waals surface area contributed by atoms with Crippen LogP contribution in [0.3, 0.4) is 0 Å². The summed E-state index contributed by atoms with van der Waals surface area (Å²) in [5.41, 5.74) is 1.22. The minimum atomic E-state index is -0.300. The van der Waals surface area contributed by atoms with E-state index in [1.165, 1.54) is 7.05 Å². The third kappa shape index (κ3) is 1.22. The molecule has 1 heterocycles. The number of fused-ring (bicyclic) bond motifs is 1. The van der Waals surface area contributed by atoms with E-state index in [4.69, 9.17) is 0 Å². The van der Waals surface area contributed by atoms with Gasteiger partial charge in [-0.05, 0) is 25.7 Å². The molecule has 1 aliphatic carbocycles. The van der Waals surface area contributed by atoms with E-state index in [1.807, 2.05) is 0 Å². The summed E-state index contributed by atoms with van der Waals surface area (Å²) in [5, 5.41) is 0. The SMILES string of the molecule is Cn1c(=O)[nH]c2c(c1=O)CCCC2. The molecule has 4 nitrogen and oxygen atoms in total. The molecule has 70 valence electrons. The summed E-state index contributed by atoms with van der Waals surface area (Å²) in [5.74, 6) is 0. The van der Waals surface area contributed by atoms with Gasteiger partial charge in [-0.15, -0.1) is 0 Å². The number of nitrogens with zero attached hydrogens (tertiary/aromatic N) is 1. The average molecular weight is 180 g/mol. The summed E-state index contributed by atoms with van der Waals surface area (Å²) >= 11 is 0. The molecule has 0 aromatic carbocycles. The molecule has 1 aromatic rings. The highest BCUT2D eigenvalue weighted by Gasteiger charge is 2.15. The lowest BCUT2D eigenvalue weighted by molar-refractivity contribution is 0.624. The van der Waals surface area contributed by atoms with Gasteiger partial charge in [0.15, 0.2) is 0 Å². The van der Waals surface area contributed by atoms with Crippen LogP contribution >= 0.6 is 0 Å². The smallest absolute Gasteiger partial charge is 0.311 e. The lowest BCUT2D eigenvalue weighted by Crippen LogP contribution is -2.37. The zero-order valence-electron chi connectivity index (χ0n) is 7.59. The third-order valence-electron chi connectivity index (χ3n) is 2.59. The van der Waals surface area contributed by atoms with Crippen LogP contribution in [0.5, 0.6) is 0 Å². The molecule has 4 heteroatoms. The van der Waals surface area contributed by atoms with Crippen molar-refractivity contribution < 1.29 is 0 Å². The maximum absolute atomic E-state index is 11.6. The first kappa shape index (κ1) is 8.29. The molecule has 13 heavy (non-hydrogen) atoms. The van der Waals surface area contributed by atoms with Gasteiger partial charge in [-0.25, -0.2) is 4.79 Å². The van der Waals surface area contributed by atoms with Gasteiger partial charge in [-0.3, -0.25) is 9.36 Å². The van der Waals surface area contributed by atoms with Gasteiger partial charge in [0.2, 0.25) is 0 Å². The number of H-pyrrole nitrogens is 1. The predicted octanol–water partition coefficient (Wildman–Crippen LogP) is -0.0476. The van der Waals surface area contributed by atoms with E-state index >= 15 is 0 Å². The number of rotatable bonds is 0.